The molecule has 1 heteroatoms. The normalized spacial score (nSPS) is 25.1. The lowest BCUT2D eigenvalue weighted by atomic mass is 9.82. The Morgan fingerprint density at radius 1 is 0.941 bits per heavy atom. The van der Waals surface area contributed by atoms with Crippen molar-refractivity contribution in [2.75, 3.05) is 6.54 Å². The fourth-order valence-corrected chi connectivity index (χ4v) is 3.24. The Labute approximate surface area is 109 Å². The molecule has 0 aromatic carbocycles. The maximum atomic E-state index is 3.63. The molecule has 1 aliphatic rings. The van der Waals surface area contributed by atoms with Crippen LogP contribution in [0.1, 0.15) is 84.5 Å². The van der Waals surface area contributed by atoms with Crippen LogP contribution < -0.4 is 5.32 Å². The quantitative estimate of drug-likeness (QED) is 0.564. The van der Waals surface area contributed by atoms with E-state index in [-0.39, 0.29) is 0 Å². The molecule has 2 atom stereocenters. The van der Waals surface area contributed by atoms with Crippen molar-refractivity contribution in [2.24, 2.45) is 5.92 Å². The first-order valence-corrected chi connectivity index (χ1v) is 8.10. The molecule has 0 radical (unpaired) electrons. The van der Waals surface area contributed by atoms with Gasteiger partial charge in [0.05, 0.1) is 0 Å². The van der Waals surface area contributed by atoms with E-state index < -0.39 is 0 Å². The van der Waals surface area contributed by atoms with Crippen LogP contribution >= 0.6 is 0 Å². The molecule has 1 saturated carbocycles. The Bertz CT molecular complexity index is 165. The number of hydrogen-bond acceptors (Lipinski definition) is 1. The van der Waals surface area contributed by atoms with Crippen LogP contribution in [0, 0.1) is 5.92 Å². The molecular formula is C16H33N. The second-order valence-electron chi connectivity index (χ2n) is 5.84. The van der Waals surface area contributed by atoms with Crippen LogP contribution in [0.25, 0.3) is 0 Å². The largest absolute Gasteiger partial charge is 0.314 e. The van der Waals surface area contributed by atoms with Crippen molar-refractivity contribution in [3.05, 3.63) is 0 Å². The molecular weight excluding hydrogens is 206 g/mol. The van der Waals surface area contributed by atoms with Gasteiger partial charge in [-0.3, -0.25) is 0 Å². The van der Waals surface area contributed by atoms with E-state index in [4.69, 9.17) is 0 Å². The van der Waals surface area contributed by atoms with Crippen LogP contribution in [-0.4, -0.2) is 12.6 Å². The summed E-state index contributed by atoms with van der Waals surface area (Å²) in [6.07, 6.45) is 16.0. The average Bonchev–Trinajstić information content (AvgIpc) is 2.35. The van der Waals surface area contributed by atoms with E-state index in [0.717, 1.165) is 18.5 Å². The molecule has 1 aliphatic carbocycles. The number of nitrogens with one attached hydrogen (secondary N) is 1. The van der Waals surface area contributed by atoms with E-state index in [0.29, 0.717) is 0 Å². The molecule has 0 heterocycles. The van der Waals surface area contributed by atoms with Gasteiger partial charge in [-0.2, -0.15) is 0 Å². The lowest BCUT2D eigenvalue weighted by Crippen LogP contribution is -2.33. The van der Waals surface area contributed by atoms with Gasteiger partial charge in [-0.15, -0.1) is 0 Å². The highest BCUT2D eigenvalue weighted by atomic mass is 14.9. The minimum absolute atomic E-state index is 0.832. The monoisotopic (exact) mass is 239 g/mol. The maximum absolute atomic E-state index is 3.63. The Balaban J connectivity index is 1.98. The van der Waals surface area contributed by atoms with E-state index in [1.54, 1.807) is 0 Å². The zero-order valence-corrected chi connectivity index (χ0v) is 12.1. The molecule has 1 rings (SSSR count). The summed E-state index contributed by atoms with van der Waals surface area (Å²) >= 11 is 0. The van der Waals surface area contributed by atoms with E-state index in [1.807, 2.05) is 0 Å². The summed E-state index contributed by atoms with van der Waals surface area (Å²) in [6, 6.07) is 0.832. The third-order valence-corrected chi connectivity index (χ3v) is 4.24. The Hall–Kier alpha value is -0.0400. The molecule has 1 fully saturated rings. The molecule has 0 aromatic heterocycles. The van der Waals surface area contributed by atoms with Crippen LogP contribution in [0.5, 0.6) is 0 Å². The topological polar surface area (TPSA) is 12.0 Å². The van der Waals surface area contributed by atoms with Crippen molar-refractivity contribution in [3.8, 4) is 0 Å². The van der Waals surface area contributed by atoms with Gasteiger partial charge in [-0.1, -0.05) is 71.6 Å². The molecule has 0 aliphatic heterocycles. The van der Waals surface area contributed by atoms with Gasteiger partial charge in [-0.25, -0.2) is 0 Å². The van der Waals surface area contributed by atoms with Crippen molar-refractivity contribution in [1.82, 2.24) is 5.32 Å². The van der Waals surface area contributed by atoms with Crippen molar-refractivity contribution in [1.29, 1.82) is 0 Å². The molecule has 0 bridgehead atoms. The van der Waals surface area contributed by atoms with Crippen LogP contribution in [0.3, 0.4) is 0 Å². The first kappa shape index (κ1) is 15.0. The third kappa shape index (κ3) is 7.08. The first-order chi connectivity index (χ1) is 8.36. The van der Waals surface area contributed by atoms with Gasteiger partial charge >= 0.3 is 0 Å². The minimum Gasteiger partial charge on any atom is -0.314 e. The van der Waals surface area contributed by atoms with E-state index in [2.05, 4.69) is 19.2 Å². The highest BCUT2D eigenvalue weighted by Crippen LogP contribution is 2.28. The summed E-state index contributed by atoms with van der Waals surface area (Å²) in [4.78, 5) is 0. The summed E-state index contributed by atoms with van der Waals surface area (Å²) in [5.41, 5.74) is 0. The van der Waals surface area contributed by atoms with Gasteiger partial charge in [0, 0.05) is 6.04 Å². The summed E-state index contributed by atoms with van der Waals surface area (Å²) in [5, 5.41) is 3.63. The fraction of sp³-hybridized carbons (Fsp3) is 1.00. The highest BCUT2D eigenvalue weighted by Gasteiger charge is 2.20. The SMILES string of the molecule is CCCCCCCCC1CCCC(NCC)C1. The van der Waals surface area contributed by atoms with Gasteiger partial charge in [0.25, 0.3) is 0 Å². The highest BCUT2D eigenvalue weighted by molar-refractivity contribution is 4.77. The van der Waals surface area contributed by atoms with Crippen molar-refractivity contribution >= 4 is 0 Å². The molecule has 0 amide bonds. The van der Waals surface area contributed by atoms with Gasteiger partial charge in [0.2, 0.25) is 0 Å². The van der Waals surface area contributed by atoms with E-state index >= 15 is 0 Å². The summed E-state index contributed by atoms with van der Waals surface area (Å²) in [5.74, 6) is 1.03. The molecule has 17 heavy (non-hydrogen) atoms. The fourth-order valence-electron chi connectivity index (χ4n) is 3.24. The molecule has 0 saturated heterocycles. The van der Waals surface area contributed by atoms with Crippen molar-refractivity contribution in [3.63, 3.8) is 0 Å². The molecule has 0 spiro atoms. The smallest absolute Gasteiger partial charge is 0.00695 e. The average molecular weight is 239 g/mol. The molecule has 1 nitrogen and oxygen atoms in total. The predicted molar refractivity (Wildman–Crippen MR) is 77.4 cm³/mol. The molecule has 0 aromatic rings. The van der Waals surface area contributed by atoms with Crippen LogP contribution in [0.4, 0.5) is 0 Å². The van der Waals surface area contributed by atoms with Crippen LogP contribution in [0.15, 0.2) is 0 Å². The van der Waals surface area contributed by atoms with E-state index in [1.165, 1.54) is 70.6 Å². The zero-order chi connectivity index (χ0) is 12.3. The third-order valence-electron chi connectivity index (χ3n) is 4.24. The zero-order valence-electron chi connectivity index (χ0n) is 12.1. The second-order valence-corrected chi connectivity index (χ2v) is 5.84. The van der Waals surface area contributed by atoms with Crippen LogP contribution in [0.2, 0.25) is 0 Å². The number of hydrogen-bond donors (Lipinski definition) is 1. The predicted octanol–water partition coefficient (Wildman–Crippen LogP) is 4.91. The Morgan fingerprint density at radius 2 is 1.71 bits per heavy atom. The molecule has 2 unspecified atom stereocenters. The lowest BCUT2D eigenvalue weighted by Gasteiger charge is -2.29. The summed E-state index contributed by atoms with van der Waals surface area (Å²) in [6.45, 7) is 5.68. The van der Waals surface area contributed by atoms with Gasteiger partial charge in [0.1, 0.15) is 0 Å². The van der Waals surface area contributed by atoms with Crippen molar-refractivity contribution < 1.29 is 0 Å². The minimum atomic E-state index is 0.832. The van der Waals surface area contributed by atoms with Gasteiger partial charge in [-0.05, 0) is 25.3 Å². The first-order valence-electron chi connectivity index (χ1n) is 8.10. The number of unbranched alkanes of at least 4 members (excludes halogenated alkanes) is 5. The van der Waals surface area contributed by atoms with Crippen molar-refractivity contribution in [2.45, 2.75) is 90.5 Å². The van der Waals surface area contributed by atoms with Gasteiger partial charge in [0.15, 0.2) is 0 Å². The summed E-state index contributed by atoms with van der Waals surface area (Å²) in [7, 11) is 0. The summed E-state index contributed by atoms with van der Waals surface area (Å²) < 4.78 is 0. The lowest BCUT2D eigenvalue weighted by molar-refractivity contribution is 0.270. The molecule has 102 valence electrons. The molecule has 1 N–H and O–H groups in total. The second kappa shape index (κ2) is 9.94. The maximum Gasteiger partial charge on any atom is 0.00695 e. The van der Waals surface area contributed by atoms with E-state index in [9.17, 15) is 0 Å². The number of rotatable bonds is 9. The van der Waals surface area contributed by atoms with Crippen LogP contribution in [-0.2, 0) is 0 Å². The standard InChI is InChI=1S/C16H33N/c1-3-5-6-7-8-9-11-15-12-10-13-16(14-15)17-4-2/h15-17H,3-14H2,1-2H3. The Kier molecular flexibility index (Phi) is 8.78. The Morgan fingerprint density at radius 3 is 2.47 bits per heavy atom. The van der Waals surface area contributed by atoms with Gasteiger partial charge < -0.3 is 5.32 Å².